The van der Waals surface area contributed by atoms with Gasteiger partial charge in [0.05, 0.1) is 6.04 Å². The number of rotatable bonds is 6. The third kappa shape index (κ3) is 3.64. The molecule has 158 valence electrons. The van der Waals surface area contributed by atoms with Crippen LogP contribution in [0.4, 0.5) is 0 Å². The van der Waals surface area contributed by atoms with Crippen LogP contribution < -0.4 is 5.32 Å². The summed E-state index contributed by atoms with van der Waals surface area (Å²) in [6.07, 6.45) is 3.44. The lowest BCUT2D eigenvalue weighted by molar-refractivity contribution is -0.156. The van der Waals surface area contributed by atoms with Crippen molar-refractivity contribution in [1.29, 1.82) is 0 Å². The summed E-state index contributed by atoms with van der Waals surface area (Å²) in [5.41, 5.74) is 3.67. The van der Waals surface area contributed by atoms with Gasteiger partial charge in [0.1, 0.15) is 12.1 Å². The van der Waals surface area contributed by atoms with Crippen molar-refractivity contribution >= 4 is 11.8 Å². The van der Waals surface area contributed by atoms with Crippen LogP contribution in [0.5, 0.6) is 0 Å². The first-order valence-electron chi connectivity index (χ1n) is 11.3. The standard InChI is InChI=1S/C26H32N2O2/c1-4-18(5-2)24-25(29)27-23(22-15-20-13-9-10-14-21(20)16-22)26(30)28(24)17(3)19-11-7-6-8-12-19/h6-14,17-18,22-24H,4-5,15-16H2,1-3H3,(H,27,29)/t17-,23-,24-/m1/s1. The highest BCUT2D eigenvalue weighted by molar-refractivity contribution is 5.97. The van der Waals surface area contributed by atoms with Crippen molar-refractivity contribution in [1.82, 2.24) is 10.2 Å². The Morgan fingerprint density at radius 1 is 0.933 bits per heavy atom. The molecular weight excluding hydrogens is 372 g/mol. The third-order valence-electron chi connectivity index (χ3n) is 7.14. The molecule has 0 bridgehead atoms. The molecular formula is C26H32N2O2. The maximum absolute atomic E-state index is 13.9. The maximum atomic E-state index is 13.9. The van der Waals surface area contributed by atoms with Crippen LogP contribution in [-0.4, -0.2) is 28.8 Å². The first-order chi connectivity index (χ1) is 14.5. The molecule has 4 rings (SSSR count). The maximum Gasteiger partial charge on any atom is 0.246 e. The van der Waals surface area contributed by atoms with E-state index in [0.29, 0.717) is 0 Å². The van der Waals surface area contributed by atoms with E-state index in [4.69, 9.17) is 0 Å². The molecule has 0 aromatic heterocycles. The summed E-state index contributed by atoms with van der Waals surface area (Å²) >= 11 is 0. The van der Waals surface area contributed by atoms with Crippen LogP contribution in [0.25, 0.3) is 0 Å². The monoisotopic (exact) mass is 404 g/mol. The van der Waals surface area contributed by atoms with Gasteiger partial charge in [-0.05, 0) is 48.3 Å². The van der Waals surface area contributed by atoms with Gasteiger partial charge < -0.3 is 10.2 Å². The topological polar surface area (TPSA) is 49.4 Å². The van der Waals surface area contributed by atoms with Gasteiger partial charge in [-0.2, -0.15) is 0 Å². The number of fused-ring (bicyclic) bond motifs is 1. The molecule has 1 saturated heterocycles. The molecule has 0 radical (unpaired) electrons. The van der Waals surface area contributed by atoms with Crippen molar-refractivity contribution < 1.29 is 9.59 Å². The van der Waals surface area contributed by atoms with Gasteiger partial charge in [0.2, 0.25) is 11.8 Å². The third-order valence-corrected chi connectivity index (χ3v) is 7.14. The minimum Gasteiger partial charge on any atom is -0.342 e. The number of nitrogens with one attached hydrogen (secondary N) is 1. The lowest BCUT2D eigenvalue weighted by Crippen LogP contribution is -2.67. The lowest BCUT2D eigenvalue weighted by Gasteiger charge is -2.46. The van der Waals surface area contributed by atoms with Crippen molar-refractivity contribution in [2.75, 3.05) is 0 Å². The molecule has 0 unspecified atom stereocenters. The first-order valence-corrected chi connectivity index (χ1v) is 11.3. The zero-order chi connectivity index (χ0) is 21.3. The summed E-state index contributed by atoms with van der Waals surface area (Å²) in [4.78, 5) is 29.2. The molecule has 3 atom stereocenters. The zero-order valence-corrected chi connectivity index (χ0v) is 18.2. The number of carbonyl (C=O) groups is 2. The molecule has 1 N–H and O–H groups in total. The van der Waals surface area contributed by atoms with E-state index < -0.39 is 12.1 Å². The molecule has 2 amide bonds. The van der Waals surface area contributed by atoms with Crippen molar-refractivity contribution in [2.24, 2.45) is 11.8 Å². The van der Waals surface area contributed by atoms with Gasteiger partial charge in [-0.3, -0.25) is 9.59 Å². The summed E-state index contributed by atoms with van der Waals surface area (Å²) in [6.45, 7) is 6.27. The van der Waals surface area contributed by atoms with E-state index in [0.717, 1.165) is 31.2 Å². The molecule has 1 aliphatic carbocycles. The summed E-state index contributed by atoms with van der Waals surface area (Å²) in [5.74, 6) is 0.349. The van der Waals surface area contributed by atoms with Gasteiger partial charge in [-0.25, -0.2) is 0 Å². The summed E-state index contributed by atoms with van der Waals surface area (Å²) in [6, 6.07) is 17.5. The quantitative estimate of drug-likeness (QED) is 0.781. The van der Waals surface area contributed by atoms with Gasteiger partial charge >= 0.3 is 0 Å². The molecule has 1 heterocycles. The summed E-state index contributed by atoms with van der Waals surface area (Å²) < 4.78 is 0. The van der Waals surface area contributed by atoms with Crippen LogP contribution in [0.1, 0.15) is 56.3 Å². The molecule has 1 fully saturated rings. The van der Waals surface area contributed by atoms with Crippen molar-refractivity contribution in [2.45, 2.75) is 64.6 Å². The fourth-order valence-corrected chi connectivity index (χ4v) is 5.37. The normalized spacial score (nSPS) is 22.9. The Hall–Kier alpha value is -2.62. The Bertz CT molecular complexity index is 881. The molecule has 30 heavy (non-hydrogen) atoms. The number of piperazine rings is 1. The number of carbonyl (C=O) groups excluding carboxylic acids is 2. The Morgan fingerprint density at radius 2 is 1.50 bits per heavy atom. The van der Waals surface area contributed by atoms with Crippen molar-refractivity contribution in [3.63, 3.8) is 0 Å². The fourth-order valence-electron chi connectivity index (χ4n) is 5.37. The van der Waals surface area contributed by atoms with Crippen LogP contribution in [0.15, 0.2) is 54.6 Å². The molecule has 0 saturated carbocycles. The minimum atomic E-state index is -0.457. The van der Waals surface area contributed by atoms with E-state index in [9.17, 15) is 9.59 Å². The van der Waals surface area contributed by atoms with Crippen LogP contribution in [0.3, 0.4) is 0 Å². The van der Waals surface area contributed by atoms with Gasteiger partial charge in [0, 0.05) is 0 Å². The smallest absolute Gasteiger partial charge is 0.246 e. The first kappa shape index (κ1) is 20.6. The largest absolute Gasteiger partial charge is 0.342 e. The van der Waals surface area contributed by atoms with Gasteiger partial charge in [-0.1, -0.05) is 81.3 Å². The second kappa shape index (κ2) is 8.63. The van der Waals surface area contributed by atoms with Gasteiger partial charge in [0.25, 0.3) is 0 Å². The van der Waals surface area contributed by atoms with E-state index in [1.165, 1.54) is 11.1 Å². The number of nitrogens with zero attached hydrogens (tertiary/aromatic N) is 1. The zero-order valence-electron chi connectivity index (χ0n) is 18.2. The SMILES string of the molecule is CCC(CC)[C@@H]1C(=O)N[C@H](C2Cc3ccccc3C2)C(=O)N1[C@H](C)c1ccccc1. The van der Waals surface area contributed by atoms with Crippen LogP contribution in [-0.2, 0) is 22.4 Å². The Kier molecular flexibility index (Phi) is 5.94. The van der Waals surface area contributed by atoms with E-state index in [1.54, 1.807) is 0 Å². The predicted molar refractivity (Wildman–Crippen MR) is 119 cm³/mol. The van der Waals surface area contributed by atoms with Crippen molar-refractivity contribution in [3.05, 3.63) is 71.3 Å². The fraction of sp³-hybridized carbons (Fsp3) is 0.462. The molecule has 4 heteroatoms. The Labute approximate surface area is 179 Å². The number of hydrogen-bond acceptors (Lipinski definition) is 2. The van der Waals surface area contributed by atoms with E-state index in [-0.39, 0.29) is 29.7 Å². The van der Waals surface area contributed by atoms with Gasteiger partial charge in [0.15, 0.2) is 0 Å². The summed E-state index contributed by atoms with van der Waals surface area (Å²) in [7, 11) is 0. The molecule has 2 aromatic rings. The average molecular weight is 405 g/mol. The van der Waals surface area contributed by atoms with Crippen molar-refractivity contribution in [3.8, 4) is 0 Å². The minimum absolute atomic E-state index is 0.00652. The second-order valence-corrected chi connectivity index (χ2v) is 8.78. The highest BCUT2D eigenvalue weighted by Crippen LogP contribution is 2.36. The second-order valence-electron chi connectivity index (χ2n) is 8.78. The van der Waals surface area contributed by atoms with Crippen LogP contribution >= 0.6 is 0 Å². The highest BCUT2D eigenvalue weighted by Gasteiger charge is 2.48. The van der Waals surface area contributed by atoms with Crippen LogP contribution in [0.2, 0.25) is 0 Å². The number of benzene rings is 2. The summed E-state index contributed by atoms with van der Waals surface area (Å²) in [5, 5.41) is 3.15. The highest BCUT2D eigenvalue weighted by atomic mass is 16.2. The molecule has 2 aliphatic rings. The number of amides is 2. The van der Waals surface area contributed by atoms with Gasteiger partial charge in [-0.15, -0.1) is 0 Å². The Morgan fingerprint density at radius 3 is 2.07 bits per heavy atom. The lowest BCUT2D eigenvalue weighted by atomic mass is 9.84. The van der Waals surface area contributed by atoms with E-state index >= 15 is 0 Å². The van der Waals surface area contributed by atoms with Crippen LogP contribution in [0, 0.1) is 11.8 Å². The molecule has 2 aromatic carbocycles. The van der Waals surface area contributed by atoms with E-state index in [1.807, 2.05) is 23.1 Å². The number of hydrogen-bond donors (Lipinski definition) is 1. The molecule has 1 aliphatic heterocycles. The average Bonchev–Trinajstić information content (AvgIpc) is 3.21. The predicted octanol–water partition coefficient (Wildman–Crippen LogP) is 4.29. The molecule has 0 spiro atoms. The Balaban J connectivity index is 1.67. The molecule has 4 nitrogen and oxygen atoms in total. The van der Waals surface area contributed by atoms with E-state index in [2.05, 4.69) is 62.5 Å².